The first-order valence-electron chi connectivity index (χ1n) is 7.69. The van der Waals surface area contributed by atoms with Gasteiger partial charge < -0.3 is 10.1 Å². The molecule has 1 aromatic heterocycles. The zero-order chi connectivity index (χ0) is 14.9. The second-order valence-corrected chi connectivity index (χ2v) is 5.08. The van der Waals surface area contributed by atoms with E-state index in [0.29, 0.717) is 6.61 Å². The molecule has 0 aliphatic heterocycles. The van der Waals surface area contributed by atoms with Gasteiger partial charge in [-0.1, -0.05) is 32.0 Å². The van der Waals surface area contributed by atoms with Crippen LogP contribution in [0.2, 0.25) is 0 Å². The average molecular weight is 284 g/mol. The third kappa shape index (κ3) is 5.20. The van der Waals surface area contributed by atoms with Gasteiger partial charge in [-0.2, -0.15) is 0 Å². The summed E-state index contributed by atoms with van der Waals surface area (Å²) in [6, 6.07) is 14.3. The highest BCUT2D eigenvalue weighted by atomic mass is 16.5. The number of rotatable bonds is 8. The fourth-order valence-corrected chi connectivity index (χ4v) is 2.08. The molecule has 3 nitrogen and oxygen atoms in total. The van der Waals surface area contributed by atoms with E-state index in [1.54, 1.807) is 0 Å². The Morgan fingerprint density at radius 2 is 1.76 bits per heavy atom. The predicted molar refractivity (Wildman–Crippen MR) is 86.4 cm³/mol. The Balaban J connectivity index is 1.88. The molecule has 1 heterocycles. The lowest BCUT2D eigenvalue weighted by molar-refractivity contribution is 0.301. The summed E-state index contributed by atoms with van der Waals surface area (Å²) in [5.41, 5.74) is 3.35. The van der Waals surface area contributed by atoms with Crippen molar-refractivity contribution in [3.8, 4) is 5.75 Å². The second-order valence-electron chi connectivity index (χ2n) is 5.08. The van der Waals surface area contributed by atoms with Crippen LogP contribution in [-0.2, 0) is 19.6 Å². The zero-order valence-corrected chi connectivity index (χ0v) is 12.9. The minimum atomic E-state index is 0.507. The van der Waals surface area contributed by atoms with Crippen molar-refractivity contribution < 1.29 is 4.74 Å². The van der Waals surface area contributed by atoms with Crippen molar-refractivity contribution in [1.29, 1.82) is 0 Å². The summed E-state index contributed by atoms with van der Waals surface area (Å²) in [5.74, 6) is 0.892. The Labute approximate surface area is 127 Å². The van der Waals surface area contributed by atoms with Gasteiger partial charge in [-0.25, -0.2) is 0 Å². The van der Waals surface area contributed by atoms with E-state index in [1.807, 2.05) is 30.3 Å². The molecule has 0 aliphatic carbocycles. The van der Waals surface area contributed by atoms with Gasteiger partial charge in [0.1, 0.15) is 12.4 Å². The highest BCUT2D eigenvalue weighted by molar-refractivity contribution is 5.27. The number of hydrogen-bond acceptors (Lipinski definition) is 3. The number of pyridine rings is 1. The monoisotopic (exact) mass is 284 g/mol. The quantitative estimate of drug-likeness (QED) is 0.750. The van der Waals surface area contributed by atoms with Crippen LogP contribution in [0.4, 0.5) is 0 Å². The minimum Gasteiger partial charge on any atom is -0.487 e. The molecule has 0 bridgehead atoms. The third-order valence-electron chi connectivity index (χ3n) is 3.32. The molecule has 0 aliphatic rings. The highest BCUT2D eigenvalue weighted by Gasteiger charge is 2.00. The lowest BCUT2D eigenvalue weighted by Crippen LogP contribution is -2.15. The average Bonchev–Trinajstić information content (AvgIpc) is 2.54. The van der Waals surface area contributed by atoms with Gasteiger partial charge in [0.25, 0.3) is 0 Å². The zero-order valence-electron chi connectivity index (χ0n) is 12.9. The number of hydrogen-bond donors (Lipinski definition) is 1. The number of benzene rings is 1. The van der Waals surface area contributed by atoms with Crippen molar-refractivity contribution in [3.05, 3.63) is 59.4 Å². The summed E-state index contributed by atoms with van der Waals surface area (Å²) >= 11 is 0. The molecular weight excluding hydrogens is 260 g/mol. The lowest BCUT2D eigenvalue weighted by Gasteiger charge is -2.08. The van der Waals surface area contributed by atoms with Crippen LogP contribution in [-0.4, -0.2) is 11.5 Å². The molecule has 0 saturated heterocycles. The Hall–Kier alpha value is -1.87. The fraction of sp³-hybridized carbons (Fsp3) is 0.389. The highest BCUT2D eigenvalue weighted by Crippen LogP contribution is 2.14. The Bertz CT molecular complexity index is 537. The van der Waals surface area contributed by atoms with Crippen LogP contribution in [0.5, 0.6) is 5.75 Å². The normalized spacial score (nSPS) is 10.6. The maximum atomic E-state index is 5.79. The lowest BCUT2D eigenvalue weighted by atomic mass is 10.2. The molecule has 0 atom stereocenters. The molecule has 3 heteroatoms. The van der Waals surface area contributed by atoms with Gasteiger partial charge in [0.15, 0.2) is 0 Å². The Morgan fingerprint density at radius 3 is 2.48 bits per heavy atom. The first-order valence-corrected chi connectivity index (χ1v) is 7.69. The van der Waals surface area contributed by atoms with E-state index in [1.165, 1.54) is 5.56 Å². The molecule has 0 unspecified atom stereocenters. The standard InChI is InChI=1S/C18H24N2O/c1-3-12-19-13-16-6-5-7-17(20-16)14-21-18-10-8-15(4-2)9-11-18/h5-11,19H,3-4,12-14H2,1-2H3. The number of aryl methyl sites for hydroxylation is 1. The third-order valence-corrected chi connectivity index (χ3v) is 3.32. The topological polar surface area (TPSA) is 34.1 Å². The summed E-state index contributed by atoms with van der Waals surface area (Å²) in [5, 5.41) is 3.36. The van der Waals surface area contributed by atoms with Crippen molar-refractivity contribution in [2.75, 3.05) is 6.54 Å². The summed E-state index contributed by atoms with van der Waals surface area (Å²) in [4.78, 5) is 4.61. The van der Waals surface area contributed by atoms with Gasteiger partial charge >= 0.3 is 0 Å². The van der Waals surface area contributed by atoms with E-state index >= 15 is 0 Å². The van der Waals surface area contributed by atoms with Crippen LogP contribution < -0.4 is 10.1 Å². The summed E-state index contributed by atoms with van der Waals surface area (Å²) in [6.07, 6.45) is 2.19. The molecule has 0 saturated carbocycles. The van der Waals surface area contributed by atoms with Gasteiger partial charge in [0.05, 0.1) is 11.4 Å². The van der Waals surface area contributed by atoms with E-state index in [-0.39, 0.29) is 0 Å². The SMILES string of the molecule is CCCNCc1cccc(COc2ccc(CC)cc2)n1. The summed E-state index contributed by atoms with van der Waals surface area (Å²) in [7, 11) is 0. The van der Waals surface area contributed by atoms with E-state index in [2.05, 4.69) is 36.3 Å². The molecule has 0 radical (unpaired) electrons. The Kier molecular flexibility index (Phi) is 6.22. The van der Waals surface area contributed by atoms with Crippen molar-refractivity contribution in [3.63, 3.8) is 0 Å². The molecule has 2 rings (SSSR count). The number of ether oxygens (including phenoxy) is 1. The van der Waals surface area contributed by atoms with Crippen molar-refractivity contribution in [1.82, 2.24) is 10.3 Å². The molecule has 21 heavy (non-hydrogen) atoms. The van der Waals surface area contributed by atoms with E-state index in [0.717, 1.165) is 43.1 Å². The Morgan fingerprint density at radius 1 is 1.00 bits per heavy atom. The van der Waals surface area contributed by atoms with Crippen LogP contribution in [0.3, 0.4) is 0 Å². The summed E-state index contributed by atoms with van der Waals surface area (Å²) < 4.78 is 5.79. The minimum absolute atomic E-state index is 0.507. The molecule has 2 aromatic rings. The number of nitrogens with zero attached hydrogens (tertiary/aromatic N) is 1. The molecule has 112 valence electrons. The second kappa shape index (κ2) is 8.42. The molecule has 0 fully saturated rings. The van der Waals surface area contributed by atoms with Crippen LogP contribution in [0.25, 0.3) is 0 Å². The smallest absolute Gasteiger partial charge is 0.130 e. The first kappa shape index (κ1) is 15.5. The van der Waals surface area contributed by atoms with Gasteiger partial charge in [0.2, 0.25) is 0 Å². The van der Waals surface area contributed by atoms with Crippen LogP contribution in [0.15, 0.2) is 42.5 Å². The van der Waals surface area contributed by atoms with E-state index in [4.69, 9.17) is 4.74 Å². The van der Waals surface area contributed by atoms with E-state index < -0.39 is 0 Å². The molecule has 0 spiro atoms. The maximum Gasteiger partial charge on any atom is 0.130 e. The molecular formula is C18H24N2O. The van der Waals surface area contributed by atoms with Gasteiger partial charge in [-0.15, -0.1) is 0 Å². The van der Waals surface area contributed by atoms with Crippen LogP contribution >= 0.6 is 0 Å². The first-order chi connectivity index (χ1) is 10.3. The molecule has 1 aromatic carbocycles. The maximum absolute atomic E-state index is 5.79. The predicted octanol–water partition coefficient (Wildman–Crippen LogP) is 3.72. The van der Waals surface area contributed by atoms with Crippen LogP contribution in [0, 0.1) is 0 Å². The molecule has 0 amide bonds. The number of aromatic nitrogens is 1. The van der Waals surface area contributed by atoms with Gasteiger partial charge in [-0.3, -0.25) is 4.98 Å². The van der Waals surface area contributed by atoms with E-state index in [9.17, 15) is 0 Å². The summed E-state index contributed by atoms with van der Waals surface area (Å²) in [6.45, 7) is 6.65. The number of nitrogens with one attached hydrogen (secondary N) is 1. The largest absolute Gasteiger partial charge is 0.487 e. The molecule has 1 N–H and O–H groups in total. The van der Waals surface area contributed by atoms with Crippen molar-refractivity contribution >= 4 is 0 Å². The van der Waals surface area contributed by atoms with Crippen LogP contribution in [0.1, 0.15) is 37.2 Å². The van der Waals surface area contributed by atoms with Gasteiger partial charge in [0, 0.05) is 6.54 Å². The van der Waals surface area contributed by atoms with Crippen molar-refractivity contribution in [2.24, 2.45) is 0 Å². The van der Waals surface area contributed by atoms with Gasteiger partial charge in [-0.05, 0) is 49.2 Å². The van der Waals surface area contributed by atoms with Crippen molar-refractivity contribution in [2.45, 2.75) is 39.8 Å². The fourth-order valence-electron chi connectivity index (χ4n) is 2.08.